The summed E-state index contributed by atoms with van der Waals surface area (Å²) in [5.41, 5.74) is 8.84. The van der Waals surface area contributed by atoms with E-state index in [4.69, 9.17) is 5.73 Å². The van der Waals surface area contributed by atoms with Gasteiger partial charge in [0.2, 0.25) is 0 Å². The van der Waals surface area contributed by atoms with Crippen LogP contribution in [0.1, 0.15) is 58.2 Å². The van der Waals surface area contributed by atoms with Crippen molar-refractivity contribution in [1.29, 1.82) is 0 Å². The number of hydrogen-bond acceptors (Lipinski definition) is 3. The topological polar surface area (TPSA) is 47.1 Å². The molecule has 1 aliphatic heterocycles. The fourth-order valence-electron chi connectivity index (χ4n) is 3.31. The molecule has 2 unspecified atom stereocenters. The monoisotopic (exact) mass is 278 g/mol. The molecule has 4 heteroatoms. The van der Waals surface area contributed by atoms with Gasteiger partial charge in [-0.3, -0.25) is 9.58 Å². The molecule has 0 aromatic carbocycles. The van der Waals surface area contributed by atoms with Crippen molar-refractivity contribution in [3.8, 4) is 0 Å². The molecule has 0 aliphatic carbocycles. The van der Waals surface area contributed by atoms with E-state index >= 15 is 0 Å². The lowest BCUT2D eigenvalue weighted by Crippen LogP contribution is -2.48. The summed E-state index contributed by atoms with van der Waals surface area (Å²) < 4.78 is 1.95. The molecule has 114 valence electrons. The van der Waals surface area contributed by atoms with Crippen molar-refractivity contribution in [2.45, 2.75) is 71.0 Å². The van der Waals surface area contributed by atoms with Gasteiger partial charge in [-0.1, -0.05) is 27.2 Å². The van der Waals surface area contributed by atoms with Crippen LogP contribution in [0.4, 0.5) is 0 Å². The SMILES string of the molecule is CC(N)C1CCCCN1Cc1cn(C)nc1C(C)(C)C. The van der Waals surface area contributed by atoms with Gasteiger partial charge in [-0.15, -0.1) is 0 Å². The number of aryl methyl sites for hydroxylation is 1. The highest BCUT2D eigenvalue weighted by Gasteiger charge is 2.28. The summed E-state index contributed by atoms with van der Waals surface area (Å²) in [5.74, 6) is 0. The zero-order chi connectivity index (χ0) is 14.9. The van der Waals surface area contributed by atoms with Crippen LogP contribution in [0.2, 0.25) is 0 Å². The summed E-state index contributed by atoms with van der Waals surface area (Å²) in [6.45, 7) is 11.0. The van der Waals surface area contributed by atoms with Gasteiger partial charge in [-0.25, -0.2) is 0 Å². The Morgan fingerprint density at radius 3 is 2.70 bits per heavy atom. The number of rotatable bonds is 3. The standard InChI is InChI=1S/C16H30N4/c1-12(17)14-8-6-7-9-20(14)11-13-10-19(5)18-15(13)16(2,3)4/h10,12,14H,6-9,11,17H2,1-5H3. The zero-order valence-corrected chi connectivity index (χ0v) is 13.7. The molecular weight excluding hydrogens is 248 g/mol. The van der Waals surface area contributed by atoms with Crippen LogP contribution in [-0.2, 0) is 19.0 Å². The van der Waals surface area contributed by atoms with Gasteiger partial charge in [0.25, 0.3) is 0 Å². The number of aromatic nitrogens is 2. The van der Waals surface area contributed by atoms with Gasteiger partial charge in [0.05, 0.1) is 5.69 Å². The minimum Gasteiger partial charge on any atom is -0.327 e. The molecular formula is C16H30N4. The Labute approximate surface area is 123 Å². The van der Waals surface area contributed by atoms with Crippen LogP contribution in [0, 0.1) is 0 Å². The maximum absolute atomic E-state index is 6.18. The average molecular weight is 278 g/mol. The molecule has 2 rings (SSSR count). The molecule has 1 aliphatic rings. The number of likely N-dealkylation sites (tertiary alicyclic amines) is 1. The Morgan fingerprint density at radius 1 is 1.40 bits per heavy atom. The Kier molecular flexibility index (Phi) is 4.55. The Bertz CT molecular complexity index is 442. The van der Waals surface area contributed by atoms with E-state index in [0.717, 1.165) is 13.1 Å². The first-order valence-corrected chi connectivity index (χ1v) is 7.81. The van der Waals surface area contributed by atoms with Crippen LogP contribution in [0.5, 0.6) is 0 Å². The Morgan fingerprint density at radius 2 is 2.10 bits per heavy atom. The van der Waals surface area contributed by atoms with Crippen LogP contribution >= 0.6 is 0 Å². The van der Waals surface area contributed by atoms with Gasteiger partial charge in [-0.05, 0) is 26.3 Å². The molecule has 0 radical (unpaired) electrons. The zero-order valence-electron chi connectivity index (χ0n) is 13.7. The summed E-state index contributed by atoms with van der Waals surface area (Å²) in [5, 5.41) is 4.68. The van der Waals surface area contributed by atoms with Crippen molar-refractivity contribution in [1.82, 2.24) is 14.7 Å². The number of nitrogens with zero attached hydrogens (tertiary/aromatic N) is 3. The quantitative estimate of drug-likeness (QED) is 0.923. The van der Waals surface area contributed by atoms with Gasteiger partial charge in [-0.2, -0.15) is 5.10 Å². The third kappa shape index (κ3) is 3.41. The summed E-state index contributed by atoms with van der Waals surface area (Å²) in [4.78, 5) is 2.56. The van der Waals surface area contributed by atoms with Crippen molar-refractivity contribution in [2.75, 3.05) is 6.54 Å². The molecule has 4 nitrogen and oxygen atoms in total. The second-order valence-electron chi connectivity index (χ2n) is 7.32. The summed E-state index contributed by atoms with van der Waals surface area (Å²) in [7, 11) is 2.01. The minimum atomic E-state index is 0.0935. The third-order valence-electron chi connectivity index (χ3n) is 4.26. The predicted octanol–water partition coefficient (Wildman–Crippen LogP) is 2.42. The number of nitrogens with two attached hydrogens (primary N) is 1. The molecule has 2 N–H and O–H groups in total. The van der Waals surface area contributed by atoms with E-state index in [9.17, 15) is 0 Å². The average Bonchev–Trinajstić information content (AvgIpc) is 2.70. The van der Waals surface area contributed by atoms with Crippen LogP contribution in [-0.4, -0.2) is 33.3 Å². The molecule has 0 saturated carbocycles. The lowest BCUT2D eigenvalue weighted by molar-refractivity contribution is 0.122. The molecule has 20 heavy (non-hydrogen) atoms. The van der Waals surface area contributed by atoms with Crippen LogP contribution in [0.15, 0.2) is 6.20 Å². The van der Waals surface area contributed by atoms with E-state index in [1.54, 1.807) is 0 Å². The Hall–Kier alpha value is -0.870. The second-order valence-corrected chi connectivity index (χ2v) is 7.32. The van der Waals surface area contributed by atoms with E-state index < -0.39 is 0 Å². The first kappa shape index (κ1) is 15.5. The first-order chi connectivity index (χ1) is 9.29. The molecule has 1 saturated heterocycles. The van der Waals surface area contributed by atoms with Gasteiger partial charge in [0, 0.05) is 42.9 Å². The van der Waals surface area contributed by atoms with E-state index in [1.807, 2.05) is 11.7 Å². The fourth-order valence-corrected chi connectivity index (χ4v) is 3.31. The summed E-state index contributed by atoms with van der Waals surface area (Å²) in [6, 6.07) is 0.752. The third-order valence-corrected chi connectivity index (χ3v) is 4.26. The second kappa shape index (κ2) is 5.86. The highest BCUT2D eigenvalue weighted by Crippen LogP contribution is 2.27. The maximum Gasteiger partial charge on any atom is 0.0722 e. The molecule has 0 bridgehead atoms. The molecule has 2 atom stereocenters. The van der Waals surface area contributed by atoms with Gasteiger partial charge >= 0.3 is 0 Å². The lowest BCUT2D eigenvalue weighted by Gasteiger charge is -2.38. The minimum absolute atomic E-state index is 0.0935. The highest BCUT2D eigenvalue weighted by molar-refractivity contribution is 5.24. The lowest BCUT2D eigenvalue weighted by atomic mass is 9.89. The smallest absolute Gasteiger partial charge is 0.0722 e. The van der Waals surface area contributed by atoms with Gasteiger partial charge in [0.15, 0.2) is 0 Å². The first-order valence-electron chi connectivity index (χ1n) is 7.81. The number of piperidine rings is 1. The molecule has 1 fully saturated rings. The summed E-state index contributed by atoms with van der Waals surface area (Å²) >= 11 is 0. The van der Waals surface area contributed by atoms with Gasteiger partial charge < -0.3 is 5.73 Å². The van der Waals surface area contributed by atoms with Crippen molar-refractivity contribution >= 4 is 0 Å². The van der Waals surface area contributed by atoms with Crippen molar-refractivity contribution in [2.24, 2.45) is 12.8 Å². The molecule has 0 amide bonds. The Balaban J connectivity index is 2.20. The van der Waals surface area contributed by atoms with E-state index in [-0.39, 0.29) is 11.5 Å². The normalized spacial score (nSPS) is 23.0. The van der Waals surface area contributed by atoms with Crippen molar-refractivity contribution in [3.05, 3.63) is 17.5 Å². The maximum atomic E-state index is 6.18. The molecule has 0 spiro atoms. The van der Waals surface area contributed by atoms with Crippen LogP contribution < -0.4 is 5.73 Å². The van der Waals surface area contributed by atoms with E-state index in [0.29, 0.717) is 6.04 Å². The van der Waals surface area contributed by atoms with E-state index in [1.165, 1.54) is 30.5 Å². The van der Waals surface area contributed by atoms with Crippen molar-refractivity contribution < 1.29 is 0 Å². The number of hydrogen-bond donors (Lipinski definition) is 1. The van der Waals surface area contributed by atoms with E-state index in [2.05, 4.69) is 43.9 Å². The largest absolute Gasteiger partial charge is 0.327 e. The molecule has 1 aromatic rings. The van der Waals surface area contributed by atoms with Crippen molar-refractivity contribution in [3.63, 3.8) is 0 Å². The fraction of sp³-hybridized carbons (Fsp3) is 0.812. The molecule has 1 aromatic heterocycles. The van der Waals surface area contributed by atoms with Crippen LogP contribution in [0.25, 0.3) is 0 Å². The highest BCUT2D eigenvalue weighted by atomic mass is 15.3. The van der Waals surface area contributed by atoms with Crippen LogP contribution in [0.3, 0.4) is 0 Å². The summed E-state index contributed by atoms with van der Waals surface area (Å²) in [6.07, 6.45) is 5.99. The molecule has 2 heterocycles. The predicted molar refractivity (Wildman–Crippen MR) is 83.6 cm³/mol. The van der Waals surface area contributed by atoms with Gasteiger partial charge in [0.1, 0.15) is 0 Å².